The van der Waals surface area contributed by atoms with Crippen LogP contribution in [0.1, 0.15) is 0 Å². The van der Waals surface area contributed by atoms with Crippen LogP contribution in [-0.2, 0) is 4.74 Å². The van der Waals surface area contributed by atoms with Gasteiger partial charge in [-0.1, -0.05) is 0 Å². The van der Waals surface area contributed by atoms with Crippen LogP contribution in [0.2, 0.25) is 0 Å². The summed E-state index contributed by atoms with van der Waals surface area (Å²) in [6.45, 7) is 0.461. The highest BCUT2D eigenvalue weighted by atomic mass is 32.1. The fourth-order valence-corrected chi connectivity index (χ4v) is 0.330. The van der Waals surface area contributed by atoms with Gasteiger partial charge in [0, 0.05) is 0 Å². The number of hydrazone groups is 1. The molecule has 4 heteroatoms. The third-order valence-electron chi connectivity index (χ3n) is 0.445. The summed E-state index contributed by atoms with van der Waals surface area (Å²) in [5.74, 6) is 0. The Bertz CT molecular complexity index is 73.9. The minimum atomic E-state index is 0.461. The summed E-state index contributed by atoms with van der Waals surface area (Å²) in [4.78, 5) is 0. The van der Waals surface area contributed by atoms with Crippen LogP contribution in [-0.4, -0.2) is 17.5 Å². The Balaban J connectivity index is 2.38. The SMILES string of the molecule is SN1COC=N1. The molecule has 0 aromatic heterocycles. The fraction of sp³-hybridized carbons (Fsp3) is 0.500. The first-order chi connectivity index (χ1) is 2.89. The topological polar surface area (TPSA) is 24.8 Å². The minimum Gasteiger partial charge on any atom is -0.459 e. The van der Waals surface area contributed by atoms with Gasteiger partial charge >= 0.3 is 0 Å². The van der Waals surface area contributed by atoms with E-state index in [-0.39, 0.29) is 0 Å². The Labute approximate surface area is 41.1 Å². The van der Waals surface area contributed by atoms with Crippen LogP contribution in [0, 0.1) is 0 Å². The summed E-state index contributed by atoms with van der Waals surface area (Å²) in [7, 11) is 0. The first kappa shape index (κ1) is 3.80. The summed E-state index contributed by atoms with van der Waals surface area (Å²) in [6.07, 6.45) is 1.35. The molecule has 0 aromatic carbocycles. The van der Waals surface area contributed by atoms with Crippen molar-refractivity contribution in [3.63, 3.8) is 0 Å². The predicted octanol–water partition coefficient (Wildman–Crippen LogP) is 0.0642. The van der Waals surface area contributed by atoms with Crippen molar-refractivity contribution in [1.82, 2.24) is 4.41 Å². The molecule has 1 rings (SSSR count). The van der Waals surface area contributed by atoms with Crippen LogP contribution in [0.4, 0.5) is 0 Å². The molecule has 0 saturated heterocycles. The Morgan fingerprint density at radius 1 is 2.00 bits per heavy atom. The molecule has 0 unspecified atom stereocenters. The van der Waals surface area contributed by atoms with Crippen LogP contribution in [0.3, 0.4) is 0 Å². The van der Waals surface area contributed by atoms with E-state index in [2.05, 4.69) is 22.7 Å². The average molecular weight is 104 g/mol. The van der Waals surface area contributed by atoms with Gasteiger partial charge in [0.15, 0.2) is 13.1 Å². The molecule has 3 nitrogen and oxygen atoms in total. The largest absolute Gasteiger partial charge is 0.459 e. The smallest absolute Gasteiger partial charge is 0.196 e. The second-order valence-electron chi connectivity index (χ2n) is 0.889. The minimum absolute atomic E-state index is 0.461. The highest BCUT2D eigenvalue weighted by Crippen LogP contribution is 1.97. The molecule has 1 aliphatic rings. The first-order valence-corrected chi connectivity index (χ1v) is 1.90. The summed E-state index contributed by atoms with van der Waals surface area (Å²) >= 11 is 3.80. The van der Waals surface area contributed by atoms with E-state index >= 15 is 0 Å². The number of hydrogen-bond acceptors (Lipinski definition) is 4. The third kappa shape index (κ3) is 0.567. The van der Waals surface area contributed by atoms with Gasteiger partial charge in [-0.05, 0) is 12.8 Å². The molecule has 1 aliphatic heterocycles. The third-order valence-corrected chi connectivity index (χ3v) is 0.664. The van der Waals surface area contributed by atoms with E-state index in [1.54, 1.807) is 0 Å². The van der Waals surface area contributed by atoms with Gasteiger partial charge in [-0.2, -0.15) is 0 Å². The number of hydrogen-bond donors (Lipinski definition) is 1. The van der Waals surface area contributed by atoms with Gasteiger partial charge in [0.25, 0.3) is 0 Å². The van der Waals surface area contributed by atoms with E-state index in [0.717, 1.165) is 0 Å². The Morgan fingerprint density at radius 3 is 3.00 bits per heavy atom. The van der Waals surface area contributed by atoms with Gasteiger partial charge in [-0.25, -0.2) is 4.41 Å². The molecule has 0 aromatic rings. The fourth-order valence-electron chi connectivity index (χ4n) is 0.221. The van der Waals surface area contributed by atoms with Crippen molar-refractivity contribution in [2.45, 2.75) is 0 Å². The molecule has 0 radical (unpaired) electrons. The predicted molar refractivity (Wildman–Crippen MR) is 25.3 cm³/mol. The number of ether oxygens (including phenoxy) is 1. The van der Waals surface area contributed by atoms with E-state index in [1.165, 1.54) is 10.8 Å². The van der Waals surface area contributed by atoms with Gasteiger partial charge in [-0.15, -0.1) is 5.10 Å². The summed E-state index contributed by atoms with van der Waals surface area (Å²) in [6, 6.07) is 0. The van der Waals surface area contributed by atoms with Gasteiger partial charge in [0.2, 0.25) is 0 Å². The highest BCUT2D eigenvalue weighted by molar-refractivity contribution is 7.77. The monoisotopic (exact) mass is 104 g/mol. The molecule has 0 N–H and O–H groups in total. The van der Waals surface area contributed by atoms with Crippen LogP contribution >= 0.6 is 12.8 Å². The van der Waals surface area contributed by atoms with Crippen LogP contribution < -0.4 is 0 Å². The molecule has 0 aliphatic carbocycles. The maximum atomic E-state index is 4.61. The van der Waals surface area contributed by atoms with E-state index in [0.29, 0.717) is 6.73 Å². The van der Waals surface area contributed by atoms with E-state index in [1.807, 2.05) is 0 Å². The van der Waals surface area contributed by atoms with Crippen molar-refractivity contribution >= 4 is 19.2 Å². The van der Waals surface area contributed by atoms with E-state index < -0.39 is 0 Å². The Morgan fingerprint density at radius 2 is 2.83 bits per heavy atom. The molecule has 1 heterocycles. The second-order valence-corrected chi connectivity index (χ2v) is 1.35. The van der Waals surface area contributed by atoms with Crippen molar-refractivity contribution in [2.75, 3.05) is 6.73 Å². The van der Waals surface area contributed by atoms with Gasteiger partial charge < -0.3 is 4.74 Å². The molecule has 34 valence electrons. The summed E-state index contributed by atoms with van der Waals surface area (Å²) in [5, 5.41) is 3.59. The van der Waals surface area contributed by atoms with Crippen LogP contribution in [0.15, 0.2) is 5.10 Å². The van der Waals surface area contributed by atoms with E-state index in [4.69, 9.17) is 0 Å². The number of thiol groups is 1. The quantitative estimate of drug-likeness (QED) is 0.440. The normalized spacial score (nSPS) is 18.5. The molecule has 6 heavy (non-hydrogen) atoms. The lowest BCUT2D eigenvalue weighted by atomic mass is 11.3. The second kappa shape index (κ2) is 1.38. The molecular weight excluding hydrogens is 100 g/mol. The maximum Gasteiger partial charge on any atom is 0.196 e. The van der Waals surface area contributed by atoms with Crippen molar-refractivity contribution in [3.8, 4) is 0 Å². The highest BCUT2D eigenvalue weighted by Gasteiger charge is 1.95. The first-order valence-electron chi connectivity index (χ1n) is 1.50. The molecule has 0 atom stereocenters. The van der Waals surface area contributed by atoms with Crippen molar-refractivity contribution < 1.29 is 4.74 Å². The summed E-state index contributed by atoms with van der Waals surface area (Å²) < 4.78 is 6.02. The molecule has 0 saturated carbocycles. The zero-order chi connectivity index (χ0) is 4.41. The average Bonchev–Trinajstić information content (AvgIpc) is 1.86. The lowest BCUT2D eigenvalue weighted by molar-refractivity contribution is 0.265. The maximum absolute atomic E-state index is 4.61. The Hall–Kier alpha value is -0.380. The van der Waals surface area contributed by atoms with Crippen LogP contribution in [0.5, 0.6) is 0 Å². The van der Waals surface area contributed by atoms with Crippen molar-refractivity contribution in [2.24, 2.45) is 5.10 Å². The van der Waals surface area contributed by atoms with Gasteiger partial charge in [-0.3, -0.25) is 0 Å². The van der Waals surface area contributed by atoms with Crippen molar-refractivity contribution in [3.05, 3.63) is 0 Å². The molecular formula is C2H4N2OS. The number of nitrogens with zero attached hydrogens (tertiary/aromatic N) is 2. The van der Waals surface area contributed by atoms with Gasteiger partial charge in [0.1, 0.15) is 0 Å². The zero-order valence-electron chi connectivity index (χ0n) is 3.03. The number of rotatable bonds is 0. The zero-order valence-corrected chi connectivity index (χ0v) is 3.93. The molecule has 0 bridgehead atoms. The Kier molecular flexibility index (Phi) is 0.874. The molecule has 0 fully saturated rings. The van der Waals surface area contributed by atoms with Gasteiger partial charge in [0.05, 0.1) is 0 Å². The van der Waals surface area contributed by atoms with Crippen molar-refractivity contribution in [1.29, 1.82) is 0 Å². The lowest BCUT2D eigenvalue weighted by Crippen LogP contribution is -1.98. The molecule has 0 spiro atoms. The summed E-state index contributed by atoms with van der Waals surface area (Å²) in [5.41, 5.74) is 0. The van der Waals surface area contributed by atoms with Crippen LogP contribution in [0.25, 0.3) is 0 Å². The standard InChI is InChI=1S/C2H4N2OS/c6-4-2-5-1-3-4/h1,6H,2H2. The lowest BCUT2D eigenvalue weighted by Gasteiger charge is -1.95. The molecule has 0 amide bonds. The van der Waals surface area contributed by atoms with E-state index in [9.17, 15) is 0 Å².